The van der Waals surface area contributed by atoms with E-state index in [1.807, 2.05) is 26.0 Å². The third kappa shape index (κ3) is 4.33. The molecule has 1 atom stereocenters. The van der Waals surface area contributed by atoms with Gasteiger partial charge >= 0.3 is 0 Å². The van der Waals surface area contributed by atoms with Gasteiger partial charge in [-0.2, -0.15) is 0 Å². The Morgan fingerprint density at radius 1 is 0.952 bits per heavy atom. The summed E-state index contributed by atoms with van der Waals surface area (Å²) in [6, 6.07) is 14.7. The lowest BCUT2D eigenvalue weighted by atomic mass is 9.97. The van der Waals surface area contributed by atoms with Crippen molar-refractivity contribution in [3.05, 3.63) is 64.7 Å². The predicted molar refractivity (Wildman–Crippen MR) is 88.8 cm³/mol. The molecule has 2 aromatic rings. The maximum atomic E-state index is 6.33. The summed E-state index contributed by atoms with van der Waals surface area (Å²) in [5, 5.41) is 0. The zero-order valence-corrected chi connectivity index (χ0v) is 13.4. The van der Waals surface area contributed by atoms with Crippen LogP contribution in [0.25, 0.3) is 0 Å². The van der Waals surface area contributed by atoms with Gasteiger partial charge in [0.25, 0.3) is 0 Å². The minimum atomic E-state index is 0.0141. The molecule has 0 saturated carbocycles. The van der Waals surface area contributed by atoms with Crippen LogP contribution in [-0.4, -0.2) is 6.10 Å². The van der Waals surface area contributed by atoms with Crippen molar-refractivity contribution in [3.63, 3.8) is 0 Å². The van der Waals surface area contributed by atoms with Gasteiger partial charge in [-0.25, -0.2) is 0 Å². The number of rotatable bonds is 5. The van der Waals surface area contributed by atoms with Crippen molar-refractivity contribution in [1.29, 1.82) is 0 Å². The predicted octanol–water partition coefficient (Wildman–Crippen LogP) is 4.33. The molecule has 0 aliphatic rings. The van der Waals surface area contributed by atoms with Crippen LogP contribution in [0.4, 0.5) is 0 Å². The molecule has 2 heteroatoms. The van der Waals surface area contributed by atoms with Crippen LogP contribution in [0.1, 0.15) is 42.1 Å². The highest BCUT2D eigenvalue weighted by molar-refractivity contribution is 5.33. The molecule has 1 unspecified atom stereocenters. The second kappa shape index (κ2) is 6.77. The largest absolute Gasteiger partial charge is 0.491 e. The molecule has 0 aromatic heterocycles. The van der Waals surface area contributed by atoms with Gasteiger partial charge in [0.1, 0.15) is 5.75 Å². The van der Waals surface area contributed by atoms with E-state index >= 15 is 0 Å². The van der Waals surface area contributed by atoms with Gasteiger partial charge in [0.15, 0.2) is 0 Å². The van der Waals surface area contributed by atoms with Crippen LogP contribution in [0.3, 0.4) is 0 Å². The van der Waals surface area contributed by atoms with Crippen molar-refractivity contribution in [1.82, 2.24) is 0 Å². The molecular formula is C19H25NO. The minimum absolute atomic E-state index is 0.0141. The highest BCUT2D eigenvalue weighted by atomic mass is 16.5. The van der Waals surface area contributed by atoms with E-state index in [0.29, 0.717) is 0 Å². The number of hydrogen-bond acceptors (Lipinski definition) is 2. The Balaban J connectivity index is 2.05. The van der Waals surface area contributed by atoms with E-state index in [1.165, 1.54) is 16.7 Å². The zero-order valence-electron chi connectivity index (χ0n) is 13.4. The molecule has 0 spiro atoms. The molecular weight excluding hydrogens is 258 g/mol. The van der Waals surface area contributed by atoms with E-state index in [0.717, 1.165) is 17.7 Å². The van der Waals surface area contributed by atoms with E-state index in [9.17, 15) is 0 Å². The second-order valence-electron chi connectivity index (χ2n) is 5.96. The van der Waals surface area contributed by atoms with Crippen molar-refractivity contribution in [2.24, 2.45) is 5.73 Å². The molecule has 0 aliphatic carbocycles. The van der Waals surface area contributed by atoms with Crippen LogP contribution >= 0.6 is 0 Å². The van der Waals surface area contributed by atoms with E-state index in [1.54, 1.807) is 0 Å². The van der Waals surface area contributed by atoms with Gasteiger partial charge in [-0.1, -0.05) is 30.3 Å². The van der Waals surface area contributed by atoms with E-state index < -0.39 is 0 Å². The summed E-state index contributed by atoms with van der Waals surface area (Å²) < 4.78 is 5.66. The lowest BCUT2D eigenvalue weighted by Crippen LogP contribution is -2.13. The Labute approximate surface area is 127 Å². The lowest BCUT2D eigenvalue weighted by Gasteiger charge is -2.15. The summed E-state index contributed by atoms with van der Waals surface area (Å²) in [6.07, 6.45) is 1.05. The molecule has 0 fully saturated rings. The molecule has 0 amide bonds. The Kier molecular flexibility index (Phi) is 5.03. The standard InChI is InChI=1S/C19H25NO/c1-13(2)21-18-9-7-17(8-10-18)19(20)12-16-6-5-14(3)15(4)11-16/h5-11,13,19H,12,20H2,1-4H3. The normalized spacial score (nSPS) is 12.5. The van der Waals surface area contributed by atoms with Gasteiger partial charge in [0.2, 0.25) is 0 Å². The Morgan fingerprint density at radius 2 is 1.62 bits per heavy atom. The molecule has 112 valence electrons. The lowest BCUT2D eigenvalue weighted by molar-refractivity contribution is 0.242. The number of aryl methyl sites for hydroxylation is 2. The van der Waals surface area contributed by atoms with Gasteiger partial charge in [0, 0.05) is 6.04 Å². The third-order valence-corrected chi connectivity index (χ3v) is 3.71. The zero-order chi connectivity index (χ0) is 15.4. The van der Waals surface area contributed by atoms with Gasteiger partial charge in [-0.15, -0.1) is 0 Å². The highest BCUT2D eigenvalue weighted by Crippen LogP contribution is 2.21. The summed E-state index contributed by atoms with van der Waals surface area (Å²) in [4.78, 5) is 0. The maximum Gasteiger partial charge on any atom is 0.119 e. The fourth-order valence-corrected chi connectivity index (χ4v) is 2.37. The van der Waals surface area contributed by atoms with E-state index in [2.05, 4.69) is 44.2 Å². The number of benzene rings is 2. The monoisotopic (exact) mass is 283 g/mol. The van der Waals surface area contributed by atoms with Crippen LogP contribution in [0.15, 0.2) is 42.5 Å². The van der Waals surface area contributed by atoms with Crippen LogP contribution in [0, 0.1) is 13.8 Å². The molecule has 2 N–H and O–H groups in total. The average molecular weight is 283 g/mol. The first-order chi connectivity index (χ1) is 9.95. The smallest absolute Gasteiger partial charge is 0.119 e. The van der Waals surface area contributed by atoms with Gasteiger partial charge < -0.3 is 10.5 Å². The van der Waals surface area contributed by atoms with Crippen LogP contribution in [0.5, 0.6) is 5.75 Å². The molecule has 0 saturated heterocycles. The van der Waals surface area contributed by atoms with Gasteiger partial charge in [-0.3, -0.25) is 0 Å². The summed E-state index contributed by atoms with van der Waals surface area (Å²) in [5.41, 5.74) is 11.4. The van der Waals surface area contributed by atoms with E-state index in [4.69, 9.17) is 10.5 Å². The fourth-order valence-electron chi connectivity index (χ4n) is 2.37. The van der Waals surface area contributed by atoms with Crippen molar-refractivity contribution >= 4 is 0 Å². The quantitative estimate of drug-likeness (QED) is 0.886. The fraction of sp³-hybridized carbons (Fsp3) is 0.368. The first kappa shape index (κ1) is 15.6. The molecule has 2 rings (SSSR count). The minimum Gasteiger partial charge on any atom is -0.491 e. The molecule has 0 heterocycles. The van der Waals surface area contributed by atoms with Crippen molar-refractivity contribution in [2.45, 2.75) is 46.3 Å². The Bertz CT molecular complexity index is 587. The van der Waals surface area contributed by atoms with Gasteiger partial charge in [-0.05, 0) is 68.5 Å². The molecule has 2 aromatic carbocycles. The topological polar surface area (TPSA) is 35.2 Å². The summed E-state index contributed by atoms with van der Waals surface area (Å²) >= 11 is 0. The third-order valence-electron chi connectivity index (χ3n) is 3.71. The first-order valence-electron chi connectivity index (χ1n) is 7.54. The second-order valence-corrected chi connectivity index (χ2v) is 5.96. The van der Waals surface area contributed by atoms with Crippen molar-refractivity contribution < 1.29 is 4.74 Å². The van der Waals surface area contributed by atoms with Crippen molar-refractivity contribution in [2.75, 3.05) is 0 Å². The Hall–Kier alpha value is -1.80. The highest BCUT2D eigenvalue weighted by Gasteiger charge is 2.08. The Morgan fingerprint density at radius 3 is 2.19 bits per heavy atom. The first-order valence-corrected chi connectivity index (χ1v) is 7.54. The van der Waals surface area contributed by atoms with Gasteiger partial charge in [0.05, 0.1) is 6.10 Å². The molecule has 0 aliphatic heterocycles. The molecule has 21 heavy (non-hydrogen) atoms. The van der Waals surface area contributed by atoms with E-state index in [-0.39, 0.29) is 12.1 Å². The summed E-state index contributed by atoms with van der Waals surface area (Å²) in [5.74, 6) is 0.895. The SMILES string of the molecule is Cc1ccc(CC(N)c2ccc(OC(C)C)cc2)cc1C. The number of nitrogens with two attached hydrogens (primary N) is 1. The van der Waals surface area contributed by atoms with Crippen LogP contribution < -0.4 is 10.5 Å². The number of ether oxygens (including phenoxy) is 1. The van der Waals surface area contributed by atoms with Crippen molar-refractivity contribution in [3.8, 4) is 5.75 Å². The average Bonchev–Trinajstić information content (AvgIpc) is 2.43. The van der Waals surface area contributed by atoms with Crippen LogP contribution in [0.2, 0.25) is 0 Å². The molecule has 2 nitrogen and oxygen atoms in total. The summed E-state index contributed by atoms with van der Waals surface area (Å²) in [6.45, 7) is 8.33. The number of hydrogen-bond donors (Lipinski definition) is 1. The molecule has 0 bridgehead atoms. The summed E-state index contributed by atoms with van der Waals surface area (Å²) in [7, 11) is 0. The maximum absolute atomic E-state index is 6.33. The van der Waals surface area contributed by atoms with Crippen LogP contribution in [-0.2, 0) is 6.42 Å². The molecule has 0 radical (unpaired) electrons.